The molecule has 3 aromatic rings. The lowest BCUT2D eigenvalue weighted by molar-refractivity contribution is 0.0882. The van der Waals surface area contributed by atoms with Crippen molar-refractivity contribution in [3.63, 3.8) is 0 Å². The fourth-order valence-corrected chi connectivity index (χ4v) is 3.88. The van der Waals surface area contributed by atoms with Gasteiger partial charge in [0.25, 0.3) is 0 Å². The minimum absolute atomic E-state index is 0.0965. The van der Waals surface area contributed by atoms with E-state index in [1.54, 1.807) is 14.2 Å². The maximum atomic E-state index is 13.8. The number of nitrogens with zero attached hydrogens (tertiary/aromatic N) is 1. The second-order valence-electron chi connectivity index (χ2n) is 7.63. The maximum absolute atomic E-state index is 13.8. The highest BCUT2D eigenvalue weighted by Crippen LogP contribution is 2.36. The van der Waals surface area contributed by atoms with Crippen molar-refractivity contribution in [3.8, 4) is 11.5 Å². The summed E-state index contributed by atoms with van der Waals surface area (Å²) in [5.41, 5.74) is 2.82. The molecule has 0 bridgehead atoms. The molecule has 2 atom stereocenters. The third kappa shape index (κ3) is 5.08. The molecule has 0 unspecified atom stereocenters. The Hall–Kier alpha value is -3.11. The summed E-state index contributed by atoms with van der Waals surface area (Å²) in [5, 5.41) is 0. The van der Waals surface area contributed by atoms with E-state index in [1.807, 2.05) is 74.8 Å². The molecule has 4 nitrogen and oxygen atoms in total. The van der Waals surface area contributed by atoms with Crippen LogP contribution in [0.4, 0.5) is 0 Å². The van der Waals surface area contributed by atoms with Crippen molar-refractivity contribution in [2.75, 3.05) is 34.9 Å². The van der Waals surface area contributed by atoms with Crippen LogP contribution in [-0.4, -0.2) is 45.5 Å². The van der Waals surface area contributed by atoms with Gasteiger partial charge >= 0.3 is 0 Å². The molecule has 0 aliphatic carbocycles. The summed E-state index contributed by atoms with van der Waals surface area (Å²) in [6.07, 6.45) is 0. The number of Topliss-reactive ketones (excluding diaryl/α,β-unsaturated/α-hetero) is 1. The van der Waals surface area contributed by atoms with Gasteiger partial charge in [-0.05, 0) is 49.5 Å². The predicted octanol–water partition coefficient (Wildman–Crippen LogP) is 4.90. The molecular weight excluding hydrogens is 374 g/mol. The van der Waals surface area contributed by atoms with Gasteiger partial charge in [0.05, 0.1) is 14.2 Å². The number of carbonyl (C=O) groups excluding carboxylic acids is 1. The van der Waals surface area contributed by atoms with Crippen molar-refractivity contribution in [2.45, 2.75) is 5.92 Å². The number of hydrogen-bond acceptors (Lipinski definition) is 4. The Balaban J connectivity index is 2.12. The number of rotatable bonds is 9. The first kappa shape index (κ1) is 21.6. The Bertz CT molecular complexity index is 969. The largest absolute Gasteiger partial charge is 0.497 e. The predicted molar refractivity (Wildman–Crippen MR) is 121 cm³/mol. The van der Waals surface area contributed by atoms with Crippen molar-refractivity contribution >= 4 is 5.78 Å². The molecule has 0 spiro atoms. The van der Waals surface area contributed by atoms with Crippen molar-refractivity contribution in [1.82, 2.24) is 4.90 Å². The normalized spacial score (nSPS) is 13.0. The third-order valence-corrected chi connectivity index (χ3v) is 5.27. The van der Waals surface area contributed by atoms with Crippen molar-refractivity contribution in [3.05, 3.63) is 95.6 Å². The first-order chi connectivity index (χ1) is 14.5. The third-order valence-electron chi connectivity index (χ3n) is 5.27. The summed E-state index contributed by atoms with van der Waals surface area (Å²) in [5.74, 6) is 1.18. The molecule has 3 aromatic carbocycles. The van der Waals surface area contributed by atoms with Crippen molar-refractivity contribution in [2.24, 2.45) is 5.92 Å². The smallest absolute Gasteiger partial charge is 0.168 e. The molecule has 156 valence electrons. The Labute approximate surface area is 179 Å². The molecule has 4 heteroatoms. The van der Waals surface area contributed by atoms with E-state index in [4.69, 9.17) is 9.47 Å². The van der Waals surface area contributed by atoms with E-state index in [0.717, 1.165) is 16.9 Å². The van der Waals surface area contributed by atoms with Gasteiger partial charge in [-0.3, -0.25) is 4.79 Å². The topological polar surface area (TPSA) is 38.8 Å². The molecule has 0 fully saturated rings. The lowest BCUT2D eigenvalue weighted by atomic mass is 9.76. The van der Waals surface area contributed by atoms with Gasteiger partial charge in [0.1, 0.15) is 11.5 Å². The highest BCUT2D eigenvalue weighted by molar-refractivity contribution is 5.99. The van der Waals surface area contributed by atoms with Crippen LogP contribution in [0, 0.1) is 5.92 Å². The molecule has 0 aromatic heterocycles. The van der Waals surface area contributed by atoms with E-state index in [0.29, 0.717) is 17.9 Å². The molecule has 0 saturated carbocycles. The summed E-state index contributed by atoms with van der Waals surface area (Å²) in [6, 6.07) is 25.6. The van der Waals surface area contributed by atoms with Gasteiger partial charge in [-0.2, -0.15) is 0 Å². The first-order valence-electron chi connectivity index (χ1n) is 10.1. The van der Waals surface area contributed by atoms with Crippen LogP contribution in [0.2, 0.25) is 0 Å². The zero-order valence-corrected chi connectivity index (χ0v) is 18.0. The van der Waals surface area contributed by atoms with Gasteiger partial charge in [0.15, 0.2) is 5.78 Å². The van der Waals surface area contributed by atoms with Crippen LogP contribution in [0.3, 0.4) is 0 Å². The van der Waals surface area contributed by atoms with Crippen LogP contribution in [0.15, 0.2) is 78.9 Å². The first-order valence-corrected chi connectivity index (χ1v) is 10.1. The maximum Gasteiger partial charge on any atom is 0.168 e. The SMILES string of the molecule is COc1cccc(C(=O)[C@H](CN(C)C)[C@@H](c2ccccc2)c2cccc(OC)c2)c1. The Morgan fingerprint density at radius 1 is 0.800 bits per heavy atom. The Morgan fingerprint density at radius 3 is 2.03 bits per heavy atom. The lowest BCUT2D eigenvalue weighted by Gasteiger charge is -2.30. The standard InChI is InChI=1S/C26H29NO3/c1-27(2)18-24(26(28)21-13-9-15-23(17-21)30-4)25(19-10-6-5-7-11-19)20-12-8-14-22(16-20)29-3/h5-17,24-25H,18H2,1-4H3/t24-,25+/m1/s1. The summed E-state index contributed by atoms with van der Waals surface area (Å²) in [6.45, 7) is 0.618. The minimum Gasteiger partial charge on any atom is -0.497 e. The highest BCUT2D eigenvalue weighted by atomic mass is 16.5. The molecule has 0 N–H and O–H groups in total. The van der Waals surface area contributed by atoms with Crippen molar-refractivity contribution in [1.29, 1.82) is 0 Å². The van der Waals surface area contributed by atoms with Gasteiger partial charge in [-0.25, -0.2) is 0 Å². The second-order valence-corrected chi connectivity index (χ2v) is 7.63. The van der Waals surface area contributed by atoms with E-state index in [-0.39, 0.29) is 17.6 Å². The van der Waals surface area contributed by atoms with Gasteiger partial charge in [0.2, 0.25) is 0 Å². The minimum atomic E-state index is -0.276. The van der Waals surface area contributed by atoms with Gasteiger partial charge in [-0.1, -0.05) is 54.6 Å². The molecular formula is C26H29NO3. The lowest BCUT2D eigenvalue weighted by Crippen LogP contribution is -2.33. The van der Waals surface area contributed by atoms with Crippen LogP contribution < -0.4 is 9.47 Å². The monoisotopic (exact) mass is 403 g/mol. The number of hydrogen-bond donors (Lipinski definition) is 0. The number of ether oxygens (including phenoxy) is 2. The van der Waals surface area contributed by atoms with Crippen LogP contribution in [0.5, 0.6) is 11.5 Å². The van der Waals surface area contributed by atoms with E-state index < -0.39 is 0 Å². The average Bonchev–Trinajstić information content (AvgIpc) is 2.79. The van der Waals surface area contributed by atoms with E-state index in [9.17, 15) is 4.79 Å². The molecule has 0 heterocycles. The van der Waals surface area contributed by atoms with E-state index in [1.165, 1.54) is 0 Å². The van der Waals surface area contributed by atoms with E-state index >= 15 is 0 Å². The average molecular weight is 404 g/mol. The van der Waals surface area contributed by atoms with Crippen LogP contribution in [-0.2, 0) is 0 Å². The molecule has 0 aliphatic rings. The number of benzene rings is 3. The molecule has 0 radical (unpaired) electrons. The fraction of sp³-hybridized carbons (Fsp3) is 0.269. The van der Waals surface area contributed by atoms with Gasteiger partial charge in [-0.15, -0.1) is 0 Å². The molecule has 0 amide bonds. The van der Waals surface area contributed by atoms with Crippen LogP contribution >= 0.6 is 0 Å². The van der Waals surface area contributed by atoms with Gasteiger partial charge in [0, 0.05) is 23.9 Å². The number of methoxy groups -OCH3 is 2. The fourth-order valence-electron chi connectivity index (χ4n) is 3.88. The highest BCUT2D eigenvalue weighted by Gasteiger charge is 2.32. The molecule has 0 saturated heterocycles. The quantitative estimate of drug-likeness (QED) is 0.477. The Kier molecular flexibility index (Phi) is 7.26. The van der Waals surface area contributed by atoms with Crippen molar-refractivity contribution < 1.29 is 14.3 Å². The molecule has 0 aliphatic heterocycles. The second kappa shape index (κ2) is 10.1. The molecule has 3 rings (SSSR count). The van der Waals surface area contributed by atoms with Gasteiger partial charge < -0.3 is 14.4 Å². The Morgan fingerprint density at radius 2 is 1.40 bits per heavy atom. The van der Waals surface area contributed by atoms with E-state index in [2.05, 4.69) is 23.1 Å². The van der Waals surface area contributed by atoms with Crippen LogP contribution in [0.25, 0.3) is 0 Å². The number of carbonyl (C=O) groups is 1. The zero-order chi connectivity index (χ0) is 21.5. The summed E-state index contributed by atoms with van der Waals surface area (Å²) in [7, 11) is 7.28. The number of ketones is 1. The summed E-state index contributed by atoms with van der Waals surface area (Å²) < 4.78 is 10.8. The van der Waals surface area contributed by atoms with Crippen LogP contribution in [0.1, 0.15) is 27.4 Å². The summed E-state index contributed by atoms with van der Waals surface area (Å²) >= 11 is 0. The zero-order valence-electron chi connectivity index (χ0n) is 18.0. The molecule has 30 heavy (non-hydrogen) atoms. The summed E-state index contributed by atoms with van der Waals surface area (Å²) in [4.78, 5) is 15.8.